The zero-order valence-corrected chi connectivity index (χ0v) is 9.98. The first kappa shape index (κ1) is 13.9. The zero-order chi connectivity index (χ0) is 13.8. The molecular weight excluding hydrogens is 259 g/mol. The van der Waals surface area contributed by atoms with Crippen molar-refractivity contribution in [1.82, 2.24) is 4.31 Å². The number of rotatable bonds is 4. The maximum Gasteiger partial charge on any atom is 0.245 e. The maximum absolute atomic E-state index is 12.9. The fraction of sp³-hybridized carbons (Fsp3) is 0.200. The van der Waals surface area contributed by atoms with Crippen molar-refractivity contribution in [2.75, 3.05) is 18.8 Å². The summed E-state index contributed by atoms with van der Waals surface area (Å²) in [5.41, 5.74) is 4.96. The van der Waals surface area contributed by atoms with E-state index < -0.39 is 28.9 Å². The zero-order valence-electron chi connectivity index (χ0n) is 9.17. The molecule has 18 heavy (non-hydrogen) atoms. The number of nitrogens with zero attached hydrogens (tertiary/aromatic N) is 3. The second-order valence-electron chi connectivity index (χ2n) is 3.27. The Hall–Kier alpha value is -2.16. The Kier molecular flexibility index (Phi) is 4.21. The third-order valence-corrected chi connectivity index (χ3v) is 3.89. The van der Waals surface area contributed by atoms with Crippen LogP contribution in [0.2, 0.25) is 0 Å². The summed E-state index contributed by atoms with van der Waals surface area (Å²) in [7, 11) is -4.02. The van der Waals surface area contributed by atoms with Crippen LogP contribution in [0.25, 0.3) is 0 Å². The van der Waals surface area contributed by atoms with Crippen LogP contribution in [0, 0.1) is 28.5 Å². The molecule has 8 heteroatoms. The van der Waals surface area contributed by atoms with E-state index in [4.69, 9.17) is 16.3 Å². The van der Waals surface area contributed by atoms with Crippen LogP contribution in [0.4, 0.5) is 10.1 Å². The molecule has 0 unspecified atom stereocenters. The summed E-state index contributed by atoms with van der Waals surface area (Å²) >= 11 is 0. The van der Waals surface area contributed by atoms with Gasteiger partial charge in [0.15, 0.2) is 0 Å². The molecule has 94 valence electrons. The Morgan fingerprint density at radius 3 is 2.28 bits per heavy atom. The van der Waals surface area contributed by atoms with Gasteiger partial charge in [0, 0.05) is 0 Å². The lowest BCUT2D eigenvalue weighted by molar-refractivity contribution is 0.479. The van der Waals surface area contributed by atoms with Gasteiger partial charge in [0.25, 0.3) is 0 Å². The lowest BCUT2D eigenvalue weighted by Crippen LogP contribution is -2.32. The number of hydrogen-bond acceptors (Lipinski definition) is 5. The standard InChI is InChI=1S/C10H9FN4O2S/c11-9-2-1-8(7-10(9)14)18(16,17)15(5-3-12)6-4-13/h1-2,7H,5-6,14H2. The van der Waals surface area contributed by atoms with Gasteiger partial charge < -0.3 is 5.73 Å². The minimum atomic E-state index is -4.02. The molecule has 1 aromatic carbocycles. The van der Waals surface area contributed by atoms with Gasteiger partial charge in [-0.05, 0) is 18.2 Å². The number of anilines is 1. The highest BCUT2D eigenvalue weighted by Gasteiger charge is 2.24. The first-order valence-electron chi connectivity index (χ1n) is 4.72. The van der Waals surface area contributed by atoms with Crippen molar-refractivity contribution in [1.29, 1.82) is 10.5 Å². The van der Waals surface area contributed by atoms with E-state index in [9.17, 15) is 12.8 Å². The van der Waals surface area contributed by atoms with Gasteiger partial charge in [0.05, 0.1) is 22.7 Å². The number of benzene rings is 1. The van der Waals surface area contributed by atoms with Crippen LogP contribution in [-0.2, 0) is 10.0 Å². The first-order chi connectivity index (χ1) is 8.43. The molecule has 0 aliphatic carbocycles. The third kappa shape index (κ3) is 2.74. The predicted molar refractivity (Wildman–Crippen MR) is 60.8 cm³/mol. The minimum Gasteiger partial charge on any atom is -0.396 e. The van der Waals surface area contributed by atoms with E-state index in [0.29, 0.717) is 4.31 Å². The van der Waals surface area contributed by atoms with E-state index in [2.05, 4.69) is 0 Å². The smallest absolute Gasteiger partial charge is 0.245 e. The summed E-state index contributed by atoms with van der Waals surface area (Å²) in [6.07, 6.45) is 0. The molecule has 0 aliphatic rings. The van der Waals surface area contributed by atoms with Crippen molar-refractivity contribution < 1.29 is 12.8 Å². The minimum absolute atomic E-state index is 0.257. The van der Waals surface area contributed by atoms with E-state index in [1.807, 2.05) is 0 Å². The first-order valence-corrected chi connectivity index (χ1v) is 6.16. The van der Waals surface area contributed by atoms with Crippen molar-refractivity contribution in [2.45, 2.75) is 4.90 Å². The lowest BCUT2D eigenvalue weighted by atomic mass is 10.3. The fourth-order valence-corrected chi connectivity index (χ4v) is 2.48. The summed E-state index contributed by atoms with van der Waals surface area (Å²) in [4.78, 5) is -0.257. The topological polar surface area (TPSA) is 111 Å². The Morgan fingerprint density at radius 1 is 1.28 bits per heavy atom. The molecule has 0 spiro atoms. The molecule has 0 bridgehead atoms. The Morgan fingerprint density at radius 2 is 1.83 bits per heavy atom. The largest absolute Gasteiger partial charge is 0.396 e. The number of hydrogen-bond donors (Lipinski definition) is 1. The average molecular weight is 268 g/mol. The number of nitrogens with two attached hydrogens (primary N) is 1. The average Bonchev–Trinajstić information content (AvgIpc) is 2.32. The van der Waals surface area contributed by atoms with Crippen LogP contribution < -0.4 is 5.73 Å². The van der Waals surface area contributed by atoms with Gasteiger partial charge in [0.2, 0.25) is 10.0 Å². The van der Waals surface area contributed by atoms with Gasteiger partial charge in [-0.1, -0.05) is 0 Å². The van der Waals surface area contributed by atoms with Crippen molar-refractivity contribution in [3.63, 3.8) is 0 Å². The molecule has 0 atom stereocenters. The van der Waals surface area contributed by atoms with Crippen LogP contribution in [0.5, 0.6) is 0 Å². The van der Waals surface area contributed by atoms with Gasteiger partial charge in [-0.2, -0.15) is 14.8 Å². The highest BCUT2D eigenvalue weighted by molar-refractivity contribution is 7.89. The number of nitriles is 2. The Labute approximate surface area is 104 Å². The van der Waals surface area contributed by atoms with Gasteiger partial charge in [-0.25, -0.2) is 12.8 Å². The molecule has 6 nitrogen and oxygen atoms in total. The van der Waals surface area contributed by atoms with E-state index in [-0.39, 0.29) is 10.6 Å². The number of halogens is 1. The highest BCUT2D eigenvalue weighted by Crippen LogP contribution is 2.20. The van der Waals surface area contributed by atoms with Gasteiger partial charge in [-0.3, -0.25) is 0 Å². The van der Waals surface area contributed by atoms with Crippen molar-refractivity contribution >= 4 is 15.7 Å². The summed E-state index contributed by atoms with van der Waals surface area (Å²) in [6, 6.07) is 6.19. The predicted octanol–water partition coefficient (Wildman–Crippen LogP) is 0.446. The second-order valence-corrected chi connectivity index (χ2v) is 5.21. The molecule has 1 aromatic rings. The molecule has 2 N–H and O–H groups in total. The van der Waals surface area contributed by atoms with E-state index in [1.165, 1.54) is 0 Å². The molecule has 0 fully saturated rings. The molecule has 0 radical (unpaired) electrons. The molecule has 0 amide bonds. The maximum atomic E-state index is 12.9. The number of nitrogen functional groups attached to an aromatic ring is 1. The third-order valence-electron chi connectivity index (χ3n) is 2.10. The molecular formula is C10H9FN4O2S. The molecule has 1 rings (SSSR count). The molecule has 0 aromatic heterocycles. The van der Waals surface area contributed by atoms with Crippen molar-refractivity contribution in [3.05, 3.63) is 24.0 Å². The van der Waals surface area contributed by atoms with Crippen molar-refractivity contribution in [2.24, 2.45) is 0 Å². The fourth-order valence-electron chi connectivity index (χ4n) is 1.21. The van der Waals surface area contributed by atoms with Crippen LogP contribution in [0.3, 0.4) is 0 Å². The van der Waals surface area contributed by atoms with Crippen molar-refractivity contribution in [3.8, 4) is 12.1 Å². The van der Waals surface area contributed by atoms with Crippen LogP contribution >= 0.6 is 0 Å². The van der Waals surface area contributed by atoms with Gasteiger partial charge in [0.1, 0.15) is 18.9 Å². The highest BCUT2D eigenvalue weighted by atomic mass is 32.2. The second kappa shape index (κ2) is 5.45. The van der Waals surface area contributed by atoms with Gasteiger partial charge in [-0.15, -0.1) is 0 Å². The molecule has 0 aliphatic heterocycles. The van der Waals surface area contributed by atoms with E-state index >= 15 is 0 Å². The SMILES string of the molecule is N#CCN(CC#N)S(=O)(=O)c1ccc(F)c(N)c1. The molecule has 0 heterocycles. The normalized spacial score (nSPS) is 10.9. The van der Waals surface area contributed by atoms with Crippen LogP contribution in [0.15, 0.2) is 23.1 Å². The molecule has 0 saturated heterocycles. The van der Waals surface area contributed by atoms with Gasteiger partial charge >= 0.3 is 0 Å². The summed E-state index contributed by atoms with van der Waals surface area (Å²) in [5, 5.41) is 17.0. The summed E-state index contributed by atoms with van der Waals surface area (Å²) in [5.74, 6) is -0.735. The molecule has 0 saturated carbocycles. The number of sulfonamides is 1. The summed E-state index contributed by atoms with van der Waals surface area (Å²) in [6.45, 7) is -0.930. The quantitative estimate of drug-likeness (QED) is 0.629. The summed E-state index contributed by atoms with van der Waals surface area (Å²) < 4.78 is 37.7. The van der Waals surface area contributed by atoms with Crippen LogP contribution in [-0.4, -0.2) is 25.8 Å². The monoisotopic (exact) mass is 268 g/mol. The Bertz CT molecular complexity index is 614. The lowest BCUT2D eigenvalue weighted by Gasteiger charge is -2.16. The Balaban J connectivity index is 3.23. The van der Waals surface area contributed by atoms with E-state index in [1.54, 1.807) is 12.1 Å². The van der Waals surface area contributed by atoms with Crippen LogP contribution in [0.1, 0.15) is 0 Å². The van der Waals surface area contributed by atoms with E-state index in [0.717, 1.165) is 18.2 Å².